The average Bonchev–Trinajstić information content (AvgIpc) is 2.87. The van der Waals surface area contributed by atoms with Crippen LogP contribution < -0.4 is 5.32 Å². The van der Waals surface area contributed by atoms with E-state index in [4.69, 9.17) is 0 Å². The minimum absolute atomic E-state index is 0.292. The lowest BCUT2D eigenvalue weighted by molar-refractivity contribution is -0.122. The Bertz CT molecular complexity index is 223. The first-order chi connectivity index (χ1) is 6.66. The molecule has 0 bridgehead atoms. The Balaban J connectivity index is 1.75. The third-order valence-electron chi connectivity index (χ3n) is 3.24. The van der Waals surface area contributed by atoms with Crippen molar-refractivity contribution in [3.63, 3.8) is 0 Å². The number of nitrogens with one attached hydrogen (secondary N) is 1. The maximum absolute atomic E-state index is 11.5. The molecule has 0 aromatic carbocycles. The monoisotopic (exact) mass is 196 g/mol. The van der Waals surface area contributed by atoms with Crippen LogP contribution in [0.1, 0.15) is 33.1 Å². The molecule has 1 saturated heterocycles. The summed E-state index contributed by atoms with van der Waals surface area (Å²) in [6, 6.07) is 1.02. The van der Waals surface area contributed by atoms with E-state index < -0.39 is 0 Å². The summed E-state index contributed by atoms with van der Waals surface area (Å²) in [5.41, 5.74) is 0. The number of likely N-dealkylation sites (tertiary alicyclic amines) is 1. The van der Waals surface area contributed by atoms with Crippen LogP contribution in [-0.4, -0.2) is 36.0 Å². The van der Waals surface area contributed by atoms with Gasteiger partial charge in [-0.1, -0.05) is 0 Å². The second-order valence-electron chi connectivity index (χ2n) is 4.86. The third kappa shape index (κ3) is 2.27. The fraction of sp³-hybridized carbons (Fsp3) is 0.909. The molecular weight excluding hydrogens is 176 g/mol. The summed E-state index contributed by atoms with van der Waals surface area (Å²) < 4.78 is 0. The van der Waals surface area contributed by atoms with Gasteiger partial charge in [0.25, 0.3) is 0 Å². The molecule has 2 aliphatic rings. The van der Waals surface area contributed by atoms with Crippen LogP contribution in [0.4, 0.5) is 0 Å². The third-order valence-corrected chi connectivity index (χ3v) is 3.24. The maximum Gasteiger partial charge on any atom is 0.223 e. The number of rotatable bonds is 3. The van der Waals surface area contributed by atoms with Crippen molar-refractivity contribution in [1.29, 1.82) is 0 Å². The predicted octanol–water partition coefficient (Wildman–Crippen LogP) is 0.995. The Morgan fingerprint density at radius 2 is 2.07 bits per heavy atom. The summed E-state index contributed by atoms with van der Waals surface area (Å²) >= 11 is 0. The second-order valence-corrected chi connectivity index (χ2v) is 4.86. The molecule has 3 heteroatoms. The molecular formula is C11H20N2O. The second kappa shape index (κ2) is 3.89. The largest absolute Gasteiger partial charge is 0.352 e. The Morgan fingerprint density at radius 1 is 1.36 bits per heavy atom. The summed E-state index contributed by atoms with van der Waals surface area (Å²) in [5, 5.41) is 3.15. The van der Waals surface area contributed by atoms with Gasteiger partial charge in [-0.25, -0.2) is 0 Å². The van der Waals surface area contributed by atoms with Crippen LogP contribution in [0, 0.1) is 5.92 Å². The standard InChI is InChI=1S/C11H20N2O/c1-8(2)13-6-5-10(7-13)12-11(14)9-3-4-9/h8-10H,3-7H2,1-2H3,(H,12,14)/t10-/m0/s1. The summed E-state index contributed by atoms with van der Waals surface area (Å²) in [5.74, 6) is 0.642. The average molecular weight is 196 g/mol. The molecule has 2 rings (SSSR count). The summed E-state index contributed by atoms with van der Waals surface area (Å²) in [6.07, 6.45) is 3.33. The maximum atomic E-state index is 11.5. The summed E-state index contributed by atoms with van der Waals surface area (Å²) in [4.78, 5) is 13.9. The molecule has 3 nitrogen and oxygen atoms in total. The van der Waals surface area contributed by atoms with Crippen molar-refractivity contribution in [2.45, 2.75) is 45.2 Å². The van der Waals surface area contributed by atoms with Crippen molar-refractivity contribution in [2.75, 3.05) is 13.1 Å². The van der Waals surface area contributed by atoms with Gasteiger partial charge >= 0.3 is 0 Å². The van der Waals surface area contributed by atoms with Crippen LogP contribution in [0.5, 0.6) is 0 Å². The Kier molecular flexibility index (Phi) is 2.77. The van der Waals surface area contributed by atoms with E-state index in [0.29, 0.717) is 23.9 Å². The number of carbonyl (C=O) groups is 1. The molecule has 1 saturated carbocycles. The summed E-state index contributed by atoms with van der Waals surface area (Å²) in [7, 11) is 0. The fourth-order valence-corrected chi connectivity index (χ4v) is 2.04. The van der Waals surface area contributed by atoms with Crippen LogP contribution in [0.2, 0.25) is 0 Å². The number of amides is 1. The quantitative estimate of drug-likeness (QED) is 0.730. The van der Waals surface area contributed by atoms with Gasteiger partial charge in [-0.2, -0.15) is 0 Å². The minimum Gasteiger partial charge on any atom is -0.352 e. The first-order valence-corrected chi connectivity index (χ1v) is 5.71. The van der Waals surface area contributed by atoms with Crippen LogP contribution in [0.25, 0.3) is 0 Å². The predicted molar refractivity (Wildman–Crippen MR) is 56.0 cm³/mol. The van der Waals surface area contributed by atoms with E-state index in [2.05, 4.69) is 24.1 Å². The molecule has 2 fully saturated rings. The highest BCUT2D eigenvalue weighted by Crippen LogP contribution is 2.29. The Labute approximate surface area is 85.8 Å². The molecule has 0 spiro atoms. The van der Waals surface area contributed by atoms with Gasteiger partial charge in [-0.3, -0.25) is 9.69 Å². The highest BCUT2D eigenvalue weighted by molar-refractivity contribution is 5.81. The van der Waals surface area contributed by atoms with E-state index in [1.54, 1.807) is 0 Å². The van der Waals surface area contributed by atoms with Crippen molar-refractivity contribution in [2.24, 2.45) is 5.92 Å². The highest BCUT2D eigenvalue weighted by Gasteiger charge is 2.33. The van der Waals surface area contributed by atoms with Gasteiger partial charge in [0.2, 0.25) is 5.91 Å². The molecule has 1 aliphatic carbocycles. The molecule has 14 heavy (non-hydrogen) atoms. The van der Waals surface area contributed by atoms with E-state index in [0.717, 1.165) is 32.4 Å². The SMILES string of the molecule is CC(C)N1CC[C@H](NC(=O)C2CC2)C1. The van der Waals surface area contributed by atoms with E-state index in [9.17, 15) is 4.79 Å². The molecule has 1 heterocycles. The van der Waals surface area contributed by atoms with E-state index in [1.165, 1.54) is 0 Å². The lowest BCUT2D eigenvalue weighted by atomic mass is 10.2. The van der Waals surface area contributed by atoms with Crippen LogP contribution >= 0.6 is 0 Å². The zero-order chi connectivity index (χ0) is 10.1. The molecule has 1 amide bonds. The molecule has 0 unspecified atom stereocenters. The number of carbonyl (C=O) groups excluding carboxylic acids is 1. The highest BCUT2D eigenvalue weighted by atomic mass is 16.2. The molecule has 1 atom stereocenters. The summed E-state index contributed by atoms with van der Waals surface area (Å²) in [6.45, 7) is 6.60. The number of nitrogens with zero attached hydrogens (tertiary/aromatic N) is 1. The zero-order valence-corrected chi connectivity index (χ0v) is 9.12. The molecule has 1 aliphatic heterocycles. The lowest BCUT2D eigenvalue weighted by Crippen LogP contribution is -2.39. The molecule has 0 radical (unpaired) electrons. The first-order valence-electron chi connectivity index (χ1n) is 5.71. The van der Waals surface area contributed by atoms with E-state index in [-0.39, 0.29) is 0 Å². The van der Waals surface area contributed by atoms with Crippen molar-refractivity contribution in [3.05, 3.63) is 0 Å². The topological polar surface area (TPSA) is 32.3 Å². The number of hydrogen-bond donors (Lipinski definition) is 1. The van der Waals surface area contributed by atoms with Crippen LogP contribution in [0.15, 0.2) is 0 Å². The van der Waals surface area contributed by atoms with Crippen LogP contribution in [-0.2, 0) is 4.79 Å². The van der Waals surface area contributed by atoms with Crippen molar-refractivity contribution in [1.82, 2.24) is 10.2 Å². The van der Waals surface area contributed by atoms with Gasteiger partial charge in [0.05, 0.1) is 0 Å². The van der Waals surface area contributed by atoms with Crippen molar-refractivity contribution in [3.8, 4) is 0 Å². The fourth-order valence-electron chi connectivity index (χ4n) is 2.04. The Hall–Kier alpha value is -0.570. The van der Waals surface area contributed by atoms with Gasteiger partial charge in [-0.15, -0.1) is 0 Å². The number of hydrogen-bond acceptors (Lipinski definition) is 2. The van der Waals surface area contributed by atoms with Gasteiger partial charge in [0.15, 0.2) is 0 Å². The zero-order valence-electron chi connectivity index (χ0n) is 9.12. The van der Waals surface area contributed by atoms with Gasteiger partial charge in [-0.05, 0) is 33.1 Å². The van der Waals surface area contributed by atoms with Crippen molar-refractivity contribution >= 4 is 5.91 Å². The van der Waals surface area contributed by atoms with Gasteiger partial charge in [0, 0.05) is 31.1 Å². The smallest absolute Gasteiger partial charge is 0.223 e. The van der Waals surface area contributed by atoms with Gasteiger partial charge in [0.1, 0.15) is 0 Å². The Morgan fingerprint density at radius 3 is 2.57 bits per heavy atom. The normalized spacial score (nSPS) is 28.4. The molecule has 1 N–H and O–H groups in total. The molecule has 0 aromatic heterocycles. The van der Waals surface area contributed by atoms with Crippen molar-refractivity contribution < 1.29 is 4.79 Å². The minimum atomic E-state index is 0.292. The van der Waals surface area contributed by atoms with E-state index >= 15 is 0 Å². The molecule has 0 aromatic rings. The van der Waals surface area contributed by atoms with E-state index in [1.807, 2.05) is 0 Å². The van der Waals surface area contributed by atoms with Gasteiger partial charge < -0.3 is 5.32 Å². The first kappa shape index (κ1) is 9.97. The van der Waals surface area contributed by atoms with Crippen LogP contribution in [0.3, 0.4) is 0 Å². The molecule has 80 valence electrons. The lowest BCUT2D eigenvalue weighted by Gasteiger charge is -2.20.